The molecule has 6 heteroatoms. The number of ether oxygens (including phenoxy) is 5. The summed E-state index contributed by atoms with van der Waals surface area (Å²) in [7, 11) is 6.98. The zero-order valence-electron chi connectivity index (χ0n) is 11.3. The van der Waals surface area contributed by atoms with Gasteiger partial charge >= 0.3 is 0 Å². The maximum absolute atomic E-state index is 5.91. The SMILES string of the molecule is B[C@@H]1O[C@H](COC)C(OC)[C@@H]1O[C@@H](C)COC. The molecule has 5 atom stereocenters. The van der Waals surface area contributed by atoms with Crippen molar-refractivity contribution in [1.82, 2.24) is 0 Å². The fourth-order valence-corrected chi connectivity index (χ4v) is 2.22. The van der Waals surface area contributed by atoms with Crippen LogP contribution < -0.4 is 0 Å². The minimum atomic E-state index is -0.0933. The summed E-state index contributed by atoms with van der Waals surface area (Å²) in [6, 6.07) is -0.000550. The van der Waals surface area contributed by atoms with E-state index in [4.69, 9.17) is 23.7 Å². The van der Waals surface area contributed by atoms with E-state index in [1.807, 2.05) is 14.8 Å². The molecule has 0 spiro atoms. The summed E-state index contributed by atoms with van der Waals surface area (Å²) in [5, 5.41) is 0. The lowest BCUT2D eigenvalue weighted by Gasteiger charge is -2.25. The van der Waals surface area contributed by atoms with Gasteiger partial charge in [-0.3, -0.25) is 0 Å². The summed E-state index contributed by atoms with van der Waals surface area (Å²) in [4.78, 5) is 0. The molecule has 0 aliphatic carbocycles. The molecule has 100 valence electrons. The average Bonchev–Trinajstić information content (AvgIpc) is 2.56. The Morgan fingerprint density at radius 1 is 1.18 bits per heavy atom. The first-order chi connectivity index (χ1) is 8.13. The van der Waals surface area contributed by atoms with Crippen LogP contribution in [-0.4, -0.2) is 72.8 Å². The van der Waals surface area contributed by atoms with Gasteiger partial charge in [0.1, 0.15) is 26.2 Å². The van der Waals surface area contributed by atoms with Gasteiger partial charge in [-0.1, -0.05) is 0 Å². The first-order valence-corrected chi connectivity index (χ1v) is 5.95. The largest absolute Gasteiger partial charge is 0.382 e. The van der Waals surface area contributed by atoms with E-state index >= 15 is 0 Å². The Morgan fingerprint density at radius 2 is 1.88 bits per heavy atom. The predicted octanol–water partition coefficient (Wildman–Crippen LogP) is -0.574. The van der Waals surface area contributed by atoms with Crippen LogP contribution >= 0.6 is 0 Å². The highest BCUT2D eigenvalue weighted by atomic mass is 16.6. The molecule has 1 aliphatic heterocycles. The first kappa shape index (κ1) is 14.9. The Bertz CT molecular complexity index is 216. The zero-order valence-corrected chi connectivity index (χ0v) is 11.3. The summed E-state index contributed by atoms with van der Waals surface area (Å²) in [5.41, 5.74) is 0. The van der Waals surface area contributed by atoms with Crippen LogP contribution in [0.25, 0.3) is 0 Å². The molecule has 17 heavy (non-hydrogen) atoms. The molecule has 1 fully saturated rings. The van der Waals surface area contributed by atoms with Crippen LogP contribution in [0.5, 0.6) is 0 Å². The van der Waals surface area contributed by atoms with Crippen LogP contribution in [0.15, 0.2) is 0 Å². The summed E-state index contributed by atoms with van der Waals surface area (Å²) in [6.07, 6.45) is -0.218. The Hall–Kier alpha value is -0.135. The average molecular weight is 246 g/mol. The van der Waals surface area contributed by atoms with E-state index in [-0.39, 0.29) is 30.4 Å². The molecule has 1 heterocycles. The molecule has 0 amide bonds. The smallest absolute Gasteiger partial charge is 0.142 e. The molecule has 1 unspecified atom stereocenters. The lowest BCUT2D eigenvalue weighted by molar-refractivity contribution is -0.0920. The van der Waals surface area contributed by atoms with E-state index in [0.29, 0.717) is 13.2 Å². The van der Waals surface area contributed by atoms with E-state index in [2.05, 4.69) is 0 Å². The van der Waals surface area contributed by atoms with E-state index in [1.165, 1.54) is 0 Å². The Labute approximate surface area is 104 Å². The molecule has 1 saturated heterocycles. The standard InChI is InChI=1S/C11H23BO5/c1-7(5-13-2)16-10-9(15-4)8(6-14-3)17-11(10)12/h7-11H,5-6,12H2,1-4H3/t7-,8+,9?,10-,11+/m0/s1. The zero-order chi connectivity index (χ0) is 12.8. The Morgan fingerprint density at radius 3 is 2.41 bits per heavy atom. The third-order valence-electron chi connectivity index (χ3n) is 2.94. The van der Waals surface area contributed by atoms with Crippen LogP contribution in [-0.2, 0) is 23.7 Å². The van der Waals surface area contributed by atoms with E-state index in [1.54, 1.807) is 21.3 Å². The third kappa shape index (κ3) is 3.93. The molecule has 0 radical (unpaired) electrons. The molecule has 0 aromatic carbocycles. The fourth-order valence-electron chi connectivity index (χ4n) is 2.22. The topological polar surface area (TPSA) is 46.2 Å². The minimum absolute atomic E-state index is 0.000550. The van der Waals surface area contributed by atoms with Crippen molar-refractivity contribution >= 4 is 7.85 Å². The van der Waals surface area contributed by atoms with Crippen molar-refractivity contribution in [1.29, 1.82) is 0 Å². The highest BCUT2D eigenvalue weighted by Crippen LogP contribution is 2.25. The fraction of sp³-hybridized carbons (Fsp3) is 1.00. The molecule has 5 nitrogen and oxygen atoms in total. The van der Waals surface area contributed by atoms with Gasteiger partial charge in [0.05, 0.1) is 25.3 Å². The van der Waals surface area contributed by atoms with Crippen LogP contribution in [0, 0.1) is 0 Å². The van der Waals surface area contributed by atoms with E-state index in [0.717, 1.165) is 0 Å². The molecule has 0 aromatic rings. The molecule has 1 rings (SSSR count). The lowest BCUT2D eigenvalue weighted by Crippen LogP contribution is -2.41. The summed E-state index contributed by atoms with van der Waals surface area (Å²) < 4.78 is 27.3. The maximum Gasteiger partial charge on any atom is 0.142 e. The predicted molar refractivity (Wildman–Crippen MR) is 66.1 cm³/mol. The molecular formula is C11H23BO5. The maximum atomic E-state index is 5.91. The monoisotopic (exact) mass is 246 g/mol. The molecule has 0 N–H and O–H groups in total. The normalized spacial score (nSPS) is 35.1. The van der Waals surface area contributed by atoms with Crippen molar-refractivity contribution in [2.75, 3.05) is 34.5 Å². The third-order valence-corrected chi connectivity index (χ3v) is 2.94. The summed E-state index contributed by atoms with van der Waals surface area (Å²) in [5.74, 6) is 0. The van der Waals surface area contributed by atoms with Gasteiger partial charge in [0.25, 0.3) is 0 Å². The van der Waals surface area contributed by atoms with Gasteiger partial charge in [0, 0.05) is 21.3 Å². The number of hydrogen-bond donors (Lipinski definition) is 0. The van der Waals surface area contributed by atoms with Gasteiger partial charge in [-0.25, -0.2) is 0 Å². The highest BCUT2D eigenvalue weighted by molar-refractivity contribution is 6.11. The van der Waals surface area contributed by atoms with Crippen molar-refractivity contribution in [3.05, 3.63) is 0 Å². The van der Waals surface area contributed by atoms with Crippen LogP contribution in [0.4, 0.5) is 0 Å². The molecular weight excluding hydrogens is 223 g/mol. The van der Waals surface area contributed by atoms with Gasteiger partial charge < -0.3 is 23.7 Å². The first-order valence-electron chi connectivity index (χ1n) is 5.95. The van der Waals surface area contributed by atoms with Gasteiger partial charge in [0.2, 0.25) is 0 Å². The number of methoxy groups -OCH3 is 3. The summed E-state index contributed by atoms with van der Waals surface area (Å²) >= 11 is 0. The van der Waals surface area contributed by atoms with Crippen molar-refractivity contribution in [2.45, 2.75) is 37.3 Å². The highest BCUT2D eigenvalue weighted by Gasteiger charge is 2.43. The molecule has 0 saturated carbocycles. The quantitative estimate of drug-likeness (QED) is 0.563. The second-order valence-electron chi connectivity index (χ2n) is 4.40. The van der Waals surface area contributed by atoms with Gasteiger partial charge in [-0.15, -0.1) is 0 Å². The van der Waals surface area contributed by atoms with Gasteiger partial charge in [-0.2, -0.15) is 0 Å². The van der Waals surface area contributed by atoms with Gasteiger partial charge in [0.15, 0.2) is 0 Å². The second-order valence-corrected chi connectivity index (χ2v) is 4.40. The van der Waals surface area contributed by atoms with Crippen molar-refractivity contribution < 1.29 is 23.7 Å². The van der Waals surface area contributed by atoms with Crippen molar-refractivity contribution in [3.63, 3.8) is 0 Å². The summed E-state index contributed by atoms with van der Waals surface area (Å²) in [6.45, 7) is 3.06. The minimum Gasteiger partial charge on any atom is -0.382 e. The van der Waals surface area contributed by atoms with Crippen LogP contribution in [0.1, 0.15) is 6.92 Å². The molecule has 0 aromatic heterocycles. The van der Waals surface area contributed by atoms with Crippen LogP contribution in [0.2, 0.25) is 0 Å². The molecule has 0 bridgehead atoms. The lowest BCUT2D eigenvalue weighted by atomic mass is 9.92. The van der Waals surface area contributed by atoms with E-state index in [9.17, 15) is 0 Å². The molecule has 1 aliphatic rings. The van der Waals surface area contributed by atoms with E-state index < -0.39 is 0 Å². The Kier molecular flexibility index (Phi) is 6.44. The van der Waals surface area contributed by atoms with Crippen LogP contribution in [0.3, 0.4) is 0 Å². The Balaban J connectivity index is 2.56. The van der Waals surface area contributed by atoms with Crippen molar-refractivity contribution in [3.8, 4) is 0 Å². The van der Waals surface area contributed by atoms with Gasteiger partial charge in [-0.05, 0) is 6.92 Å². The number of rotatable bonds is 7. The van der Waals surface area contributed by atoms with Crippen molar-refractivity contribution in [2.24, 2.45) is 0 Å². The second kappa shape index (κ2) is 7.33. The number of hydrogen-bond acceptors (Lipinski definition) is 5.